The molecule has 0 spiro atoms. The van der Waals surface area contributed by atoms with Gasteiger partial charge in [-0.15, -0.1) is 0 Å². The Morgan fingerprint density at radius 2 is 2.18 bits per heavy atom. The summed E-state index contributed by atoms with van der Waals surface area (Å²) in [7, 11) is 3.79. The molecule has 22 heavy (non-hydrogen) atoms. The molecule has 1 fully saturated rings. The van der Waals surface area contributed by atoms with E-state index in [1.165, 1.54) is 12.1 Å². The molecule has 122 valence electrons. The maximum absolute atomic E-state index is 13.4. The molecule has 1 aromatic rings. The van der Waals surface area contributed by atoms with Crippen LogP contribution in [0, 0.1) is 5.82 Å². The summed E-state index contributed by atoms with van der Waals surface area (Å²) in [5, 5.41) is 12.0. The van der Waals surface area contributed by atoms with Crippen LogP contribution in [0.15, 0.2) is 24.3 Å². The van der Waals surface area contributed by atoms with Crippen molar-refractivity contribution < 1.29 is 14.3 Å². The first-order chi connectivity index (χ1) is 10.5. The molecule has 1 aliphatic carbocycles. The van der Waals surface area contributed by atoms with E-state index < -0.39 is 0 Å². The van der Waals surface area contributed by atoms with Crippen LogP contribution in [0.4, 0.5) is 9.18 Å². The standard InChI is InChI=1S/C16H24FN3O2/c1-19(2)15(12-4-3-5-13(17)10-12)11-18-16(22)20(8-9-21)14-6-7-14/h3-5,10,14-15,21H,6-9,11H2,1-2H3,(H,18,22). The monoisotopic (exact) mass is 309 g/mol. The highest BCUT2D eigenvalue weighted by Gasteiger charge is 2.32. The zero-order valence-corrected chi connectivity index (χ0v) is 13.1. The van der Waals surface area contributed by atoms with E-state index in [1.54, 1.807) is 11.0 Å². The Hall–Kier alpha value is -1.66. The molecular formula is C16H24FN3O2. The summed E-state index contributed by atoms with van der Waals surface area (Å²) in [5.41, 5.74) is 0.824. The van der Waals surface area contributed by atoms with Gasteiger partial charge in [-0.2, -0.15) is 0 Å². The highest BCUT2D eigenvalue weighted by Crippen LogP contribution is 2.26. The molecule has 0 aromatic heterocycles. The maximum atomic E-state index is 13.4. The lowest BCUT2D eigenvalue weighted by Gasteiger charge is -2.27. The van der Waals surface area contributed by atoms with Gasteiger partial charge in [-0.1, -0.05) is 12.1 Å². The second kappa shape index (κ2) is 7.56. The largest absolute Gasteiger partial charge is 0.395 e. The van der Waals surface area contributed by atoms with Crippen LogP contribution in [-0.4, -0.2) is 60.8 Å². The minimum absolute atomic E-state index is 0.0368. The third-order valence-electron chi connectivity index (χ3n) is 3.89. The lowest BCUT2D eigenvalue weighted by molar-refractivity contribution is 0.170. The number of halogens is 1. The van der Waals surface area contributed by atoms with Gasteiger partial charge in [-0.25, -0.2) is 9.18 Å². The molecular weight excluding hydrogens is 285 g/mol. The molecule has 0 radical (unpaired) electrons. The Labute approximate surface area is 130 Å². The third kappa shape index (κ3) is 4.42. The number of amides is 2. The summed E-state index contributed by atoms with van der Waals surface area (Å²) in [6, 6.07) is 6.40. The average Bonchev–Trinajstić information content (AvgIpc) is 3.29. The van der Waals surface area contributed by atoms with E-state index in [-0.39, 0.29) is 30.5 Å². The van der Waals surface area contributed by atoms with E-state index in [2.05, 4.69) is 5.32 Å². The van der Waals surface area contributed by atoms with Gasteiger partial charge in [0.05, 0.1) is 12.6 Å². The predicted octanol–water partition coefficient (Wildman–Crippen LogP) is 1.59. The Kier molecular flexibility index (Phi) is 5.74. The SMILES string of the molecule is CN(C)C(CNC(=O)N(CCO)C1CC1)c1cccc(F)c1. The van der Waals surface area contributed by atoms with E-state index >= 15 is 0 Å². The summed E-state index contributed by atoms with van der Waals surface area (Å²) in [4.78, 5) is 15.9. The number of nitrogens with zero attached hydrogens (tertiary/aromatic N) is 2. The van der Waals surface area contributed by atoms with Crippen LogP contribution in [0.5, 0.6) is 0 Å². The normalized spacial score (nSPS) is 15.7. The van der Waals surface area contributed by atoms with Crippen LogP contribution in [0.1, 0.15) is 24.4 Å². The molecule has 0 saturated heterocycles. The van der Waals surface area contributed by atoms with Crippen LogP contribution >= 0.6 is 0 Å². The second-order valence-corrected chi connectivity index (χ2v) is 5.87. The van der Waals surface area contributed by atoms with Gasteiger partial charge in [0.15, 0.2) is 0 Å². The third-order valence-corrected chi connectivity index (χ3v) is 3.89. The van der Waals surface area contributed by atoms with Gasteiger partial charge in [0.1, 0.15) is 5.82 Å². The van der Waals surface area contributed by atoms with Gasteiger partial charge in [0.2, 0.25) is 0 Å². The van der Waals surface area contributed by atoms with Gasteiger partial charge >= 0.3 is 6.03 Å². The Bertz CT molecular complexity index is 506. The average molecular weight is 309 g/mol. The van der Waals surface area contributed by atoms with Gasteiger partial charge in [-0.05, 0) is 44.6 Å². The van der Waals surface area contributed by atoms with Crippen molar-refractivity contribution in [2.75, 3.05) is 33.8 Å². The quantitative estimate of drug-likeness (QED) is 0.804. The number of hydrogen-bond donors (Lipinski definition) is 2. The topological polar surface area (TPSA) is 55.8 Å². The molecule has 1 atom stereocenters. The number of rotatable bonds is 7. The van der Waals surface area contributed by atoms with Crippen molar-refractivity contribution in [2.24, 2.45) is 0 Å². The van der Waals surface area contributed by atoms with Crippen LogP contribution in [0.3, 0.4) is 0 Å². The predicted molar refractivity (Wildman–Crippen MR) is 83.0 cm³/mol. The zero-order chi connectivity index (χ0) is 16.1. The van der Waals surface area contributed by atoms with Gasteiger partial charge < -0.3 is 20.2 Å². The Morgan fingerprint density at radius 1 is 1.45 bits per heavy atom. The first-order valence-electron chi connectivity index (χ1n) is 7.60. The van der Waals surface area contributed by atoms with Gasteiger partial charge in [-0.3, -0.25) is 0 Å². The maximum Gasteiger partial charge on any atom is 0.317 e. The highest BCUT2D eigenvalue weighted by molar-refractivity contribution is 5.75. The molecule has 1 aromatic carbocycles. The summed E-state index contributed by atoms with van der Waals surface area (Å²) >= 11 is 0. The number of nitrogens with one attached hydrogen (secondary N) is 1. The summed E-state index contributed by atoms with van der Waals surface area (Å²) < 4.78 is 13.4. The summed E-state index contributed by atoms with van der Waals surface area (Å²) in [5.74, 6) is -0.282. The van der Waals surface area contributed by atoms with Crippen molar-refractivity contribution in [3.05, 3.63) is 35.6 Å². The van der Waals surface area contributed by atoms with E-state index in [4.69, 9.17) is 5.11 Å². The van der Waals surface area contributed by atoms with Gasteiger partial charge in [0, 0.05) is 19.1 Å². The van der Waals surface area contributed by atoms with Crippen molar-refractivity contribution in [1.29, 1.82) is 0 Å². The van der Waals surface area contributed by atoms with E-state index in [0.29, 0.717) is 13.1 Å². The number of benzene rings is 1. The Morgan fingerprint density at radius 3 is 2.73 bits per heavy atom. The first-order valence-corrected chi connectivity index (χ1v) is 7.60. The number of aliphatic hydroxyl groups is 1. The van der Waals surface area contributed by atoms with Crippen molar-refractivity contribution in [3.63, 3.8) is 0 Å². The zero-order valence-electron chi connectivity index (χ0n) is 13.1. The summed E-state index contributed by atoms with van der Waals surface area (Å²) in [6.07, 6.45) is 1.99. The number of aliphatic hydroxyl groups excluding tert-OH is 1. The number of hydrogen-bond acceptors (Lipinski definition) is 3. The van der Waals surface area contributed by atoms with Crippen LogP contribution in [-0.2, 0) is 0 Å². The number of likely N-dealkylation sites (N-methyl/N-ethyl adjacent to an activating group) is 1. The molecule has 0 aliphatic heterocycles. The molecule has 2 rings (SSSR count). The molecule has 1 unspecified atom stereocenters. The molecule has 1 saturated carbocycles. The summed E-state index contributed by atoms with van der Waals surface area (Å²) in [6.45, 7) is 0.706. The van der Waals surface area contributed by atoms with Crippen molar-refractivity contribution in [1.82, 2.24) is 15.1 Å². The van der Waals surface area contributed by atoms with E-state index in [0.717, 1.165) is 18.4 Å². The van der Waals surface area contributed by atoms with Gasteiger partial charge in [0.25, 0.3) is 0 Å². The molecule has 2 N–H and O–H groups in total. The van der Waals surface area contributed by atoms with E-state index in [9.17, 15) is 9.18 Å². The second-order valence-electron chi connectivity index (χ2n) is 5.87. The molecule has 6 heteroatoms. The minimum atomic E-state index is -0.282. The smallest absolute Gasteiger partial charge is 0.317 e. The van der Waals surface area contributed by atoms with Crippen LogP contribution < -0.4 is 5.32 Å². The fraction of sp³-hybridized carbons (Fsp3) is 0.562. The minimum Gasteiger partial charge on any atom is -0.395 e. The van der Waals surface area contributed by atoms with Crippen molar-refractivity contribution in [2.45, 2.75) is 24.9 Å². The highest BCUT2D eigenvalue weighted by atomic mass is 19.1. The van der Waals surface area contributed by atoms with Crippen molar-refractivity contribution >= 4 is 6.03 Å². The molecule has 1 aliphatic rings. The van der Waals surface area contributed by atoms with Crippen molar-refractivity contribution in [3.8, 4) is 0 Å². The fourth-order valence-corrected chi connectivity index (χ4v) is 2.54. The molecule has 0 heterocycles. The van der Waals surface area contributed by atoms with E-state index in [1.807, 2.05) is 25.1 Å². The van der Waals surface area contributed by atoms with Crippen LogP contribution in [0.25, 0.3) is 0 Å². The number of carbonyl (C=O) groups is 1. The lowest BCUT2D eigenvalue weighted by Crippen LogP contribution is -2.45. The number of urea groups is 1. The number of carbonyl (C=O) groups excluding carboxylic acids is 1. The first kappa shape index (κ1) is 16.7. The van der Waals surface area contributed by atoms with Crippen LogP contribution in [0.2, 0.25) is 0 Å². The molecule has 5 nitrogen and oxygen atoms in total. The lowest BCUT2D eigenvalue weighted by atomic mass is 10.1. The molecule has 0 bridgehead atoms. The Balaban J connectivity index is 1.98. The fourth-order valence-electron chi connectivity index (χ4n) is 2.54. The molecule has 2 amide bonds.